The molecule has 0 aromatic rings. The quantitative estimate of drug-likeness (QED) is 0.123. The average Bonchev–Trinajstić information content (AvgIpc) is 1.68. The first-order chi connectivity index (χ1) is 3.31. The fourth-order valence-electron chi connectivity index (χ4n) is 0.0892. The average molecular weight is 103 g/mol. The van der Waals surface area contributed by atoms with Crippen molar-refractivity contribution in [1.29, 1.82) is 0 Å². The molecule has 0 saturated heterocycles. The summed E-state index contributed by atoms with van der Waals surface area (Å²) in [7, 11) is 0. The van der Waals surface area contributed by atoms with E-state index in [9.17, 15) is 4.79 Å². The summed E-state index contributed by atoms with van der Waals surface area (Å²) < 4.78 is 0. The van der Waals surface area contributed by atoms with E-state index in [2.05, 4.69) is 5.16 Å². The summed E-state index contributed by atoms with van der Waals surface area (Å²) in [6, 6.07) is 0. The number of oxime groups is 1. The Labute approximate surface area is 39.8 Å². The van der Waals surface area contributed by atoms with E-state index in [1.165, 1.54) is 0 Å². The normalized spacial score (nSPS) is 10.6. The van der Waals surface area contributed by atoms with Crippen molar-refractivity contribution in [2.45, 2.75) is 0 Å². The SMILES string of the molecule is NC(=NO)NC=O. The molecular weight excluding hydrogens is 98.0 g/mol. The van der Waals surface area contributed by atoms with Crippen molar-refractivity contribution in [3.05, 3.63) is 0 Å². The molecule has 0 heterocycles. The van der Waals surface area contributed by atoms with Crippen LogP contribution < -0.4 is 11.1 Å². The maximum absolute atomic E-state index is 9.39. The highest BCUT2D eigenvalue weighted by Crippen LogP contribution is 1.48. The van der Waals surface area contributed by atoms with E-state index in [1.54, 1.807) is 0 Å². The first-order valence-electron chi connectivity index (χ1n) is 1.49. The molecule has 0 atom stereocenters. The van der Waals surface area contributed by atoms with Gasteiger partial charge >= 0.3 is 0 Å². The molecule has 40 valence electrons. The first-order valence-corrected chi connectivity index (χ1v) is 1.49. The topological polar surface area (TPSA) is 87.7 Å². The van der Waals surface area contributed by atoms with E-state index in [0.717, 1.165) is 0 Å². The van der Waals surface area contributed by atoms with Crippen molar-refractivity contribution in [2.75, 3.05) is 0 Å². The zero-order valence-corrected chi connectivity index (χ0v) is 3.46. The molecule has 0 radical (unpaired) electrons. The van der Waals surface area contributed by atoms with Gasteiger partial charge in [0, 0.05) is 0 Å². The number of nitrogens with one attached hydrogen (secondary N) is 1. The molecule has 0 aromatic heterocycles. The van der Waals surface area contributed by atoms with Crippen LogP contribution in [-0.4, -0.2) is 17.6 Å². The summed E-state index contributed by atoms with van der Waals surface area (Å²) in [5, 5.41) is 12.0. The summed E-state index contributed by atoms with van der Waals surface area (Å²) in [6.45, 7) is 0. The number of guanidine groups is 1. The highest BCUT2D eigenvalue weighted by molar-refractivity contribution is 5.86. The summed E-state index contributed by atoms with van der Waals surface area (Å²) in [4.78, 5) is 9.39. The Balaban J connectivity index is 3.36. The predicted molar refractivity (Wildman–Crippen MR) is 22.6 cm³/mol. The molecule has 0 aliphatic heterocycles. The van der Waals surface area contributed by atoms with Crippen LogP contribution in [0.4, 0.5) is 0 Å². The van der Waals surface area contributed by atoms with Crippen LogP contribution in [0.1, 0.15) is 0 Å². The van der Waals surface area contributed by atoms with Gasteiger partial charge in [0.15, 0.2) is 0 Å². The van der Waals surface area contributed by atoms with Crippen molar-refractivity contribution in [3.63, 3.8) is 0 Å². The van der Waals surface area contributed by atoms with Crippen LogP contribution in [0.15, 0.2) is 5.16 Å². The lowest BCUT2D eigenvalue weighted by Crippen LogP contribution is -2.29. The van der Waals surface area contributed by atoms with Crippen molar-refractivity contribution >= 4 is 12.4 Å². The van der Waals surface area contributed by atoms with E-state index in [-0.39, 0.29) is 5.96 Å². The van der Waals surface area contributed by atoms with Crippen LogP contribution in [0.2, 0.25) is 0 Å². The fraction of sp³-hybridized carbons (Fsp3) is 0. The number of rotatable bonds is 1. The Bertz CT molecular complexity index is 88.9. The first kappa shape index (κ1) is 5.74. The van der Waals surface area contributed by atoms with Gasteiger partial charge in [-0.25, -0.2) is 0 Å². The molecule has 0 saturated carbocycles. The Kier molecular flexibility index (Phi) is 2.42. The smallest absolute Gasteiger partial charge is 0.237 e. The molecule has 0 rings (SSSR count). The van der Waals surface area contributed by atoms with Gasteiger partial charge in [0.25, 0.3) is 0 Å². The van der Waals surface area contributed by atoms with Crippen LogP contribution in [-0.2, 0) is 4.79 Å². The van der Waals surface area contributed by atoms with Crippen molar-refractivity contribution in [3.8, 4) is 0 Å². The van der Waals surface area contributed by atoms with Gasteiger partial charge in [-0.2, -0.15) is 0 Å². The maximum atomic E-state index is 9.39. The monoisotopic (exact) mass is 103 g/mol. The van der Waals surface area contributed by atoms with E-state index < -0.39 is 0 Å². The molecule has 0 aliphatic carbocycles. The van der Waals surface area contributed by atoms with Crippen LogP contribution in [0.25, 0.3) is 0 Å². The third-order valence-corrected chi connectivity index (χ3v) is 0.315. The Hall–Kier alpha value is -1.26. The van der Waals surface area contributed by atoms with Gasteiger partial charge in [0.05, 0.1) is 0 Å². The lowest BCUT2D eigenvalue weighted by molar-refractivity contribution is -0.108. The maximum Gasteiger partial charge on any atom is 0.237 e. The van der Waals surface area contributed by atoms with Crippen LogP contribution in [0.3, 0.4) is 0 Å². The summed E-state index contributed by atoms with van der Waals surface area (Å²) in [5.74, 6) is -0.310. The molecule has 0 aliphatic rings. The molecule has 1 amide bonds. The Morgan fingerprint density at radius 2 is 2.57 bits per heavy atom. The lowest BCUT2D eigenvalue weighted by atomic mass is 11.0. The van der Waals surface area contributed by atoms with Gasteiger partial charge in [-0.1, -0.05) is 5.16 Å². The number of carbonyl (C=O) groups excluding carboxylic acids is 1. The minimum atomic E-state index is -0.310. The Morgan fingerprint density at radius 1 is 2.00 bits per heavy atom. The van der Waals surface area contributed by atoms with Crippen LogP contribution in [0, 0.1) is 0 Å². The highest BCUT2D eigenvalue weighted by atomic mass is 16.4. The van der Waals surface area contributed by atoms with Crippen molar-refractivity contribution in [1.82, 2.24) is 5.32 Å². The molecule has 0 unspecified atom stereocenters. The van der Waals surface area contributed by atoms with Crippen LogP contribution in [0.5, 0.6) is 0 Å². The highest BCUT2D eigenvalue weighted by Gasteiger charge is 1.80. The van der Waals surface area contributed by atoms with Gasteiger partial charge in [-0.3, -0.25) is 10.1 Å². The van der Waals surface area contributed by atoms with E-state index in [1.807, 2.05) is 5.32 Å². The van der Waals surface area contributed by atoms with Crippen LogP contribution >= 0.6 is 0 Å². The van der Waals surface area contributed by atoms with Gasteiger partial charge in [-0.05, 0) is 0 Å². The van der Waals surface area contributed by atoms with Crippen molar-refractivity contribution in [2.24, 2.45) is 10.9 Å². The number of nitrogens with zero attached hydrogens (tertiary/aromatic N) is 1. The number of amides is 1. The summed E-state index contributed by atoms with van der Waals surface area (Å²) >= 11 is 0. The third-order valence-electron chi connectivity index (χ3n) is 0.315. The molecule has 0 aromatic carbocycles. The molecule has 5 heteroatoms. The zero-order valence-electron chi connectivity index (χ0n) is 3.46. The van der Waals surface area contributed by atoms with E-state index >= 15 is 0 Å². The number of hydrogen-bond acceptors (Lipinski definition) is 3. The predicted octanol–water partition coefficient (Wildman–Crippen LogP) is -1.56. The molecular formula is C2H5N3O2. The van der Waals surface area contributed by atoms with E-state index in [4.69, 9.17) is 10.9 Å². The molecule has 4 N–H and O–H groups in total. The fourth-order valence-corrected chi connectivity index (χ4v) is 0.0892. The van der Waals surface area contributed by atoms with Crippen molar-refractivity contribution < 1.29 is 10.0 Å². The molecule has 0 fully saturated rings. The second-order valence-electron chi connectivity index (χ2n) is 0.747. The van der Waals surface area contributed by atoms with E-state index in [0.29, 0.717) is 6.41 Å². The minimum absolute atomic E-state index is 0.310. The molecule has 7 heavy (non-hydrogen) atoms. The number of nitrogens with two attached hydrogens (primary N) is 1. The molecule has 0 bridgehead atoms. The summed E-state index contributed by atoms with van der Waals surface area (Å²) in [6.07, 6.45) is 0.315. The summed E-state index contributed by atoms with van der Waals surface area (Å²) in [5.41, 5.74) is 4.74. The number of hydrogen-bond donors (Lipinski definition) is 3. The second-order valence-corrected chi connectivity index (χ2v) is 0.747. The lowest BCUT2D eigenvalue weighted by Gasteiger charge is -1.87. The van der Waals surface area contributed by atoms with Gasteiger partial charge in [-0.15, -0.1) is 0 Å². The van der Waals surface area contributed by atoms with Gasteiger partial charge in [0.2, 0.25) is 12.4 Å². The largest absolute Gasteiger partial charge is 0.408 e. The van der Waals surface area contributed by atoms with Gasteiger partial charge in [0.1, 0.15) is 0 Å². The number of carbonyl (C=O) groups is 1. The third kappa shape index (κ3) is 2.54. The minimum Gasteiger partial charge on any atom is -0.408 e. The molecule has 5 nitrogen and oxygen atoms in total. The van der Waals surface area contributed by atoms with Gasteiger partial charge < -0.3 is 10.9 Å². The second kappa shape index (κ2) is 2.95. The molecule has 0 spiro atoms. The standard InChI is InChI=1S/C2H5N3O2/c3-2(5-7)4-1-6/h1,7H,(H3,3,4,5,6). The zero-order chi connectivity index (χ0) is 5.70. The Morgan fingerprint density at radius 3 is 2.71 bits per heavy atom.